The van der Waals surface area contributed by atoms with Gasteiger partial charge in [-0.05, 0) is 20.3 Å². The maximum atomic E-state index is 5.88. The van der Waals surface area contributed by atoms with Gasteiger partial charge in [-0.3, -0.25) is 0 Å². The van der Waals surface area contributed by atoms with Gasteiger partial charge in [0.05, 0.1) is 18.3 Å². The average Bonchev–Trinajstić information content (AvgIpc) is 2.18. The molecule has 2 rings (SSSR count). The van der Waals surface area contributed by atoms with Crippen molar-refractivity contribution in [3.8, 4) is 6.01 Å². The molecule has 1 aromatic heterocycles. The highest BCUT2D eigenvalue weighted by atomic mass is 16.5. The lowest BCUT2D eigenvalue weighted by molar-refractivity contribution is 0.342. The molecule has 0 atom stereocenters. The molecular formula is C10H16N4O. The van der Waals surface area contributed by atoms with Gasteiger partial charge in [0, 0.05) is 12.1 Å². The summed E-state index contributed by atoms with van der Waals surface area (Å²) in [6, 6.07) is 0.336. The second-order valence-corrected chi connectivity index (χ2v) is 4.22. The van der Waals surface area contributed by atoms with Gasteiger partial charge in [0.15, 0.2) is 0 Å². The van der Waals surface area contributed by atoms with Crippen LogP contribution < -0.4 is 15.8 Å². The number of hydrogen-bond donors (Lipinski definition) is 2. The third kappa shape index (κ3) is 1.63. The van der Waals surface area contributed by atoms with E-state index in [1.807, 2.05) is 0 Å². The summed E-state index contributed by atoms with van der Waals surface area (Å²) in [6.07, 6.45) is 0.870. The zero-order valence-electron chi connectivity index (χ0n) is 9.29. The molecule has 0 unspecified atom stereocenters. The molecule has 3 N–H and O–H groups in total. The number of nitrogens with one attached hydrogen (secondary N) is 1. The van der Waals surface area contributed by atoms with Gasteiger partial charge >= 0.3 is 6.01 Å². The van der Waals surface area contributed by atoms with E-state index in [-0.39, 0.29) is 5.54 Å². The maximum absolute atomic E-state index is 5.88. The van der Waals surface area contributed by atoms with Gasteiger partial charge in [0.1, 0.15) is 5.82 Å². The summed E-state index contributed by atoms with van der Waals surface area (Å²) in [5.74, 6) is 0.534. The number of ether oxygens (including phenoxy) is 1. The van der Waals surface area contributed by atoms with Gasteiger partial charge in [-0.15, -0.1) is 0 Å². The number of nitrogens with zero attached hydrogens (tertiary/aromatic N) is 2. The van der Waals surface area contributed by atoms with E-state index >= 15 is 0 Å². The molecule has 0 aliphatic carbocycles. The molecule has 82 valence electrons. The summed E-state index contributed by atoms with van der Waals surface area (Å²) in [5.41, 5.74) is 7.70. The Bertz CT molecular complexity index is 389. The highest BCUT2D eigenvalue weighted by Gasteiger charge is 2.31. The van der Waals surface area contributed by atoms with Crippen LogP contribution in [0.3, 0.4) is 0 Å². The Morgan fingerprint density at radius 3 is 2.80 bits per heavy atom. The number of aromatic nitrogens is 2. The number of nitrogen functional groups attached to an aromatic ring is 1. The third-order valence-electron chi connectivity index (χ3n) is 2.74. The van der Waals surface area contributed by atoms with Crippen molar-refractivity contribution >= 4 is 5.82 Å². The van der Waals surface area contributed by atoms with Gasteiger partial charge < -0.3 is 15.8 Å². The van der Waals surface area contributed by atoms with Crippen LogP contribution in [0.25, 0.3) is 0 Å². The Labute approximate surface area is 89.1 Å². The van der Waals surface area contributed by atoms with Crippen LogP contribution in [0, 0.1) is 0 Å². The molecule has 1 aliphatic rings. The lowest BCUT2D eigenvalue weighted by Crippen LogP contribution is -2.43. The fraction of sp³-hybridized carbons (Fsp3) is 0.600. The van der Waals surface area contributed by atoms with Crippen LogP contribution in [0.4, 0.5) is 5.82 Å². The Morgan fingerprint density at radius 1 is 1.40 bits per heavy atom. The lowest BCUT2D eigenvalue weighted by Gasteiger charge is -2.32. The van der Waals surface area contributed by atoms with Crippen LogP contribution in [0.15, 0.2) is 0 Å². The fourth-order valence-corrected chi connectivity index (χ4v) is 1.92. The smallest absolute Gasteiger partial charge is 0.318 e. The molecule has 2 heterocycles. The van der Waals surface area contributed by atoms with Crippen molar-refractivity contribution < 1.29 is 4.74 Å². The van der Waals surface area contributed by atoms with Gasteiger partial charge in [-0.1, -0.05) is 0 Å². The maximum Gasteiger partial charge on any atom is 0.318 e. The first-order valence-electron chi connectivity index (χ1n) is 5.00. The highest BCUT2D eigenvalue weighted by Crippen LogP contribution is 2.30. The Morgan fingerprint density at radius 2 is 2.13 bits per heavy atom. The molecule has 0 radical (unpaired) electrons. The normalized spacial score (nSPS) is 18.3. The molecule has 15 heavy (non-hydrogen) atoms. The van der Waals surface area contributed by atoms with Gasteiger partial charge in [0.2, 0.25) is 0 Å². The van der Waals surface area contributed by atoms with Crippen LogP contribution in [0.5, 0.6) is 6.01 Å². The Balaban J connectivity index is 2.59. The molecule has 0 saturated carbocycles. The minimum absolute atomic E-state index is 0.169. The van der Waals surface area contributed by atoms with Gasteiger partial charge in [-0.25, -0.2) is 0 Å². The predicted octanol–water partition coefficient (Wildman–Crippen LogP) is 0.448. The van der Waals surface area contributed by atoms with E-state index in [9.17, 15) is 0 Å². The number of nitrogens with two attached hydrogens (primary N) is 1. The largest absolute Gasteiger partial charge is 0.467 e. The van der Waals surface area contributed by atoms with E-state index in [4.69, 9.17) is 10.5 Å². The molecule has 1 aliphatic heterocycles. The third-order valence-corrected chi connectivity index (χ3v) is 2.74. The Hall–Kier alpha value is -1.36. The molecule has 0 saturated heterocycles. The SMILES string of the molecule is COc1nc(N)c2c(n1)C(C)(C)NCC2. The van der Waals surface area contributed by atoms with Crippen LogP contribution in [-0.4, -0.2) is 23.6 Å². The monoisotopic (exact) mass is 208 g/mol. The minimum atomic E-state index is -0.169. The zero-order valence-corrected chi connectivity index (χ0v) is 9.29. The molecule has 0 fully saturated rings. The summed E-state index contributed by atoms with van der Waals surface area (Å²) >= 11 is 0. The standard InChI is InChI=1S/C10H16N4O/c1-10(2)7-6(4-5-12-10)8(11)14-9(13-7)15-3/h12H,4-5H2,1-3H3,(H2,11,13,14). The van der Waals surface area contributed by atoms with Crippen molar-refractivity contribution in [1.82, 2.24) is 15.3 Å². The van der Waals surface area contributed by atoms with E-state index in [1.165, 1.54) is 0 Å². The molecule has 0 bridgehead atoms. The summed E-state index contributed by atoms with van der Waals surface area (Å²) < 4.78 is 5.02. The Kier molecular flexibility index (Phi) is 2.26. The van der Waals surface area contributed by atoms with Crippen LogP contribution >= 0.6 is 0 Å². The number of fused-ring (bicyclic) bond motifs is 1. The second kappa shape index (κ2) is 3.34. The lowest BCUT2D eigenvalue weighted by atomic mass is 9.90. The number of methoxy groups -OCH3 is 1. The van der Waals surface area contributed by atoms with Crippen molar-refractivity contribution in [2.45, 2.75) is 25.8 Å². The van der Waals surface area contributed by atoms with E-state index in [0.29, 0.717) is 11.8 Å². The van der Waals surface area contributed by atoms with Gasteiger partial charge in [0.25, 0.3) is 0 Å². The van der Waals surface area contributed by atoms with E-state index < -0.39 is 0 Å². The van der Waals surface area contributed by atoms with E-state index in [0.717, 1.165) is 24.2 Å². The van der Waals surface area contributed by atoms with Crippen LogP contribution in [0.2, 0.25) is 0 Å². The highest BCUT2D eigenvalue weighted by molar-refractivity contribution is 5.47. The van der Waals surface area contributed by atoms with E-state index in [1.54, 1.807) is 7.11 Å². The fourth-order valence-electron chi connectivity index (χ4n) is 1.92. The number of anilines is 1. The number of rotatable bonds is 1. The molecule has 5 heteroatoms. The van der Waals surface area contributed by atoms with Crippen molar-refractivity contribution in [3.05, 3.63) is 11.3 Å². The second-order valence-electron chi connectivity index (χ2n) is 4.22. The average molecular weight is 208 g/mol. The van der Waals surface area contributed by atoms with Gasteiger partial charge in [-0.2, -0.15) is 9.97 Å². The zero-order chi connectivity index (χ0) is 11.1. The summed E-state index contributed by atoms with van der Waals surface area (Å²) in [5, 5.41) is 3.39. The predicted molar refractivity (Wildman–Crippen MR) is 57.7 cm³/mol. The molecule has 5 nitrogen and oxygen atoms in total. The number of hydrogen-bond acceptors (Lipinski definition) is 5. The first-order chi connectivity index (χ1) is 7.04. The van der Waals surface area contributed by atoms with Crippen LogP contribution in [0.1, 0.15) is 25.1 Å². The molecule has 0 amide bonds. The van der Waals surface area contributed by atoms with Crippen molar-refractivity contribution in [2.24, 2.45) is 0 Å². The summed E-state index contributed by atoms with van der Waals surface area (Å²) in [6.45, 7) is 5.06. The minimum Gasteiger partial charge on any atom is -0.467 e. The quantitative estimate of drug-likeness (QED) is 0.701. The van der Waals surface area contributed by atoms with E-state index in [2.05, 4.69) is 29.1 Å². The first kappa shape index (κ1) is 10.2. The topological polar surface area (TPSA) is 73.1 Å². The van der Waals surface area contributed by atoms with Crippen molar-refractivity contribution in [3.63, 3.8) is 0 Å². The van der Waals surface area contributed by atoms with Crippen LogP contribution in [-0.2, 0) is 12.0 Å². The summed E-state index contributed by atoms with van der Waals surface area (Å²) in [7, 11) is 1.55. The first-order valence-corrected chi connectivity index (χ1v) is 5.00. The summed E-state index contributed by atoms with van der Waals surface area (Å²) in [4.78, 5) is 8.46. The molecule has 0 spiro atoms. The molecular weight excluding hydrogens is 192 g/mol. The van der Waals surface area contributed by atoms with Crippen molar-refractivity contribution in [2.75, 3.05) is 19.4 Å². The molecule has 0 aromatic carbocycles. The van der Waals surface area contributed by atoms with Crippen molar-refractivity contribution in [1.29, 1.82) is 0 Å². The molecule has 1 aromatic rings.